The van der Waals surface area contributed by atoms with Gasteiger partial charge in [0.1, 0.15) is 12.6 Å². The van der Waals surface area contributed by atoms with Crippen molar-refractivity contribution in [2.45, 2.75) is 33.1 Å². The highest BCUT2D eigenvalue weighted by Crippen LogP contribution is 2.24. The Hall–Kier alpha value is -1.44. The number of rotatable bonds is 4. The summed E-state index contributed by atoms with van der Waals surface area (Å²) in [6, 6.07) is 3.90. The number of carbonyl (C=O) groups excluding carboxylic acids is 2. The molecule has 0 aliphatic carbocycles. The van der Waals surface area contributed by atoms with Gasteiger partial charge in [-0.2, -0.15) is 0 Å². The number of hydrogen-bond acceptors (Lipinski definition) is 2. The summed E-state index contributed by atoms with van der Waals surface area (Å²) in [5.74, 6) is 0.113. The molecule has 80 valence electrons. The molecule has 0 saturated carbocycles. The molecule has 1 aromatic rings. The Kier molecular flexibility index (Phi) is 3.78. The van der Waals surface area contributed by atoms with Gasteiger partial charge in [0.05, 0.1) is 0 Å². The molecule has 0 aliphatic heterocycles. The van der Waals surface area contributed by atoms with E-state index in [2.05, 4.69) is 0 Å². The highest BCUT2D eigenvalue weighted by Gasteiger charge is 2.11. The van der Waals surface area contributed by atoms with Crippen LogP contribution in [0.2, 0.25) is 0 Å². The Labute approximate surface area is 90.3 Å². The lowest BCUT2D eigenvalue weighted by molar-refractivity contribution is -0.108. The molecule has 1 rings (SSSR count). The molecule has 2 heteroatoms. The monoisotopic (exact) mass is 204 g/mol. The molecule has 1 aromatic carbocycles. The van der Waals surface area contributed by atoms with Crippen molar-refractivity contribution in [1.82, 2.24) is 0 Å². The van der Waals surface area contributed by atoms with Crippen molar-refractivity contribution in [1.29, 1.82) is 0 Å². The van der Waals surface area contributed by atoms with Crippen LogP contribution in [0.1, 0.15) is 46.3 Å². The summed E-state index contributed by atoms with van der Waals surface area (Å²) in [5, 5.41) is 0. The summed E-state index contributed by atoms with van der Waals surface area (Å²) in [5.41, 5.74) is 3.94. The minimum Gasteiger partial charge on any atom is -0.303 e. The molecular weight excluding hydrogens is 188 g/mol. The van der Waals surface area contributed by atoms with Crippen molar-refractivity contribution >= 4 is 12.6 Å². The molecular formula is C13H16O2. The van der Waals surface area contributed by atoms with E-state index in [0.717, 1.165) is 29.3 Å². The van der Waals surface area contributed by atoms with Crippen molar-refractivity contribution in [3.8, 4) is 0 Å². The highest BCUT2D eigenvalue weighted by molar-refractivity contribution is 5.78. The predicted octanol–water partition coefficient (Wildman–Crippen LogP) is 2.81. The zero-order valence-electron chi connectivity index (χ0n) is 9.41. The molecule has 15 heavy (non-hydrogen) atoms. The van der Waals surface area contributed by atoms with E-state index in [0.29, 0.717) is 12.0 Å². The lowest BCUT2D eigenvalue weighted by atomic mass is 9.91. The number of hydrogen-bond donors (Lipinski definition) is 0. The van der Waals surface area contributed by atoms with Gasteiger partial charge in [0, 0.05) is 12.0 Å². The van der Waals surface area contributed by atoms with E-state index in [1.54, 1.807) is 0 Å². The van der Waals surface area contributed by atoms with Crippen LogP contribution < -0.4 is 0 Å². The van der Waals surface area contributed by atoms with Gasteiger partial charge in [-0.15, -0.1) is 0 Å². The van der Waals surface area contributed by atoms with Crippen LogP contribution in [-0.2, 0) is 4.79 Å². The third-order valence-corrected chi connectivity index (χ3v) is 2.81. The van der Waals surface area contributed by atoms with Gasteiger partial charge < -0.3 is 4.79 Å². The van der Waals surface area contributed by atoms with E-state index < -0.39 is 0 Å². The summed E-state index contributed by atoms with van der Waals surface area (Å²) in [6.45, 7) is 5.96. The maximum absolute atomic E-state index is 10.9. The van der Waals surface area contributed by atoms with E-state index >= 15 is 0 Å². The highest BCUT2D eigenvalue weighted by atomic mass is 16.1. The number of carbonyl (C=O) groups is 2. The third kappa shape index (κ3) is 2.52. The van der Waals surface area contributed by atoms with E-state index in [-0.39, 0.29) is 5.92 Å². The van der Waals surface area contributed by atoms with Crippen LogP contribution in [0.5, 0.6) is 0 Å². The molecule has 0 amide bonds. The van der Waals surface area contributed by atoms with Crippen molar-refractivity contribution in [2.75, 3.05) is 0 Å². The Bertz CT molecular complexity index is 380. The minimum atomic E-state index is 0.113. The van der Waals surface area contributed by atoms with Crippen LogP contribution in [-0.4, -0.2) is 12.6 Å². The van der Waals surface area contributed by atoms with Crippen molar-refractivity contribution in [3.05, 3.63) is 34.4 Å². The Morgan fingerprint density at radius 1 is 1.20 bits per heavy atom. The lowest BCUT2D eigenvalue weighted by Gasteiger charge is -2.13. The van der Waals surface area contributed by atoms with E-state index in [1.807, 2.05) is 32.9 Å². The summed E-state index contributed by atoms with van der Waals surface area (Å²) < 4.78 is 0. The molecule has 0 aromatic heterocycles. The van der Waals surface area contributed by atoms with Crippen LogP contribution >= 0.6 is 0 Å². The fraction of sp³-hybridized carbons (Fsp3) is 0.385. The van der Waals surface area contributed by atoms with Gasteiger partial charge in [-0.3, -0.25) is 4.79 Å². The maximum atomic E-state index is 10.9. The van der Waals surface area contributed by atoms with E-state index in [1.165, 1.54) is 0 Å². The second kappa shape index (κ2) is 4.87. The van der Waals surface area contributed by atoms with E-state index in [4.69, 9.17) is 0 Å². The molecule has 0 bridgehead atoms. The number of aldehydes is 2. The van der Waals surface area contributed by atoms with Crippen LogP contribution in [0.25, 0.3) is 0 Å². The fourth-order valence-electron chi connectivity index (χ4n) is 1.66. The van der Waals surface area contributed by atoms with Gasteiger partial charge in [-0.05, 0) is 42.5 Å². The molecule has 1 atom stereocenters. The lowest BCUT2D eigenvalue weighted by Crippen LogP contribution is -2.01. The molecule has 0 radical (unpaired) electrons. The van der Waals surface area contributed by atoms with Gasteiger partial charge in [0.15, 0.2) is 0 Å². The second-order valence-corrected chi connectivity index (χ2v) is 3.99. The summed E-state index contributed by atoms with van der Waals surface area (Å²) in [7, 11) is 0. The van der Waals surface area contributed by atoms with Gasteiger partial charge >= 0.3 is 0 Å². The number of benzene rings is 1. The zero-order valence-corrected chi connectivity index (χ0v) is 9.41. The average Bonchev–Trinajstić information content (AvgIpc) is 2.21. The first-order valence-electron chi connectivity index (χ1n) is 5.10. The maximum Gasteiger partial charge on any atom is 0.150 e. The van der Waals surface area contributed by atoms with Crippen LogP contribution in [0.15, 0.2) is 12.1 Å². The smallest absolute Gasteiger partial charge is 0.150 e. The normalized spacial score (nSPS) is 12.2. The average molecular weight is 204 g/mol. The zero-order chi connectivity index (χ0) is 11.4. The Morgan fingerprint density at radius 2 is 1.80 bits per heavy atom. The van der Waals surface area contributed by atoms with Crippen molar-refractivity contribution in [2.24, 2.45) is 0 Å². The molecule has 0 spiro atoms. The van der Waals surface area contributed by atoms with Gasteiger partial charge in [0.2, 0.25) is 0 Å². The fourth-order valence-corrected chi connectivity index (χ4v) is 1.66. The summed E-state index contributed by atoms with van der Waals surface area (Å²) >= 11 is 0. The molecule has 0 aliphatic rings. The summed E-state index contributed by atoms with van der Waals surface area (Å²) in [6.07, 6.45) is 2.22. The topological polar surface area (TPSA) is 34.1 Å². The van der Waals surface area contributed by atoms with Gasteiger partial charge in [-0.25, -0.2) is 0 Å². The molecule has 2 nitrogen and oxygen atoms in total. The minimum absolute atomic E-state index is 0.113. The predicted molar refractivity (Wildman–Crippen MR) is 60.4 cm³/mol. The largest absolute Gasteiger partial charge is 0.303 e. The number of aryl methyl sites for hydroxylation is 2. The first-order chi connectivity index (χ1) is 7.10. The molecule has 0 N–H and O–H groups in total. The third-order valence-electron chi connectivity index (χ3n) is 2.81. The quantitative estimate of drug-likeness (QED) is 0.707. The SMILES string of the molecule is Cc1cc(C=O)c(C(C)CC=O)cc1C. The molecule has 0 heterocycles. The van der Waals surface area contributed by atoms with Gasteiger partial charge in [0.25, 0.3) is 0 Å². The van der Waals surface area contributed by atoms with Crippen LogP contribution in [0.4, 0.5) is 0 Å². The van der Waals surface area contributed by atoms with Crippen LogP contribution in [0.3, 0.4) is 0 Å². The van der Waals surface area contributed by atoms with E-state index in [9.17, 15) is 9.59 Å². The summed E-state index contributed by atoms with van der Waals surface area (Å²) in [4.78, 5) is 21.4. The Morgan fingerprint density at radius 3 is 2.33 bits per heavy atom. The molecule has 1 unspecified atom stereocenters. The Balaban J connectivity index is 3.20. The first-order valence-corrected chi connectivity index (χ1v) is 5.10. The van der Waals surface area contributed by atoms with Crippen molar-refractivity contribution in [3.63, 3.8) is 0 Å². The van der Waals surface area contributed by atoms with Crippen LogP contribution in [0, 0.1) is 13.8 Å². The standard InChI is InChI=1S/C13H16O2/c1-9(4-5-14)13-7-11(3)10(2)6-12(13)8-15/h5-9H,4H2,1-3H3. The molecule has 0 saturated heterocycles. The van der Waals surface area contributed by atoms with Crippen molar-refractivity contribution < 1.29 is 9.59 Å². The molecule has 0 fully saturated rings. The first kappa shape index (κ1) is 11.6. The van der Waals surface area contributed by atoms with Gasteiger partial charge in [-0.1, -0.05) is 13.0 Å². The second-order valence-electron chi connectivity index (χ2n) is 3.99.